The second kappa shape index (κ2) is 6.91. The second-order valence-electron chi connectivity index (χ2n) is 5.79. The Hall–Kier alpha value is -2.21. The molecule has 1 N–H and O–H groups in total. The van der Waals surface area contributed by atoms with E-state index in [0.717, 1.165) is 18.4 Å². The second-order valence-corrected chi connectivity index (χ2v) is 6.46. The summed E-state index contributed by atoms with van der Waals surface area (Å²) in [6.07, 6.45) is 1.54. The lowest BCUT2D eigenvalue weighted by Crippen LogP contribution is -2.46. The third-order valence-electron chi connectivity index (χ3n) is 4.09. The minimum Gasteiger partial charge on any atom is -0.349 e. The van der Waals surface area contributed by atoms with E-state index in [1.54, 1.807) is 6.07 Å². The minimum absolute atomic E-state index is 0.0189. The maximum atomic E-state index is 12.2. The molecule has 5 nitrogen and oxygen atoms in total. The van der Waals surface area contributed by atoms with Crippen LogP contribution in [0.25, 0.3) is 0 Å². The molecule has 1 aliphatic rings. The molecule has 0 aliphatic carbocycles. The van der Waals surface area contributed by atoms with Crippen LogP contribution in [-0.2, 0) is 0 Å². The number of nitrogens with zero attached hydrogens (tertiary/aromatic N) is 2. The van der Waals surface area contributed by atoms with Gasteiger partial charge in [-0.15, -0.1) is 0 Å². The van der Waals surface area contributed by atoms with Crippen molar-refractivity contribution in [3.63, 3.8) is 0 Å². The van der Waals surface area contributed by atoms with Crippen LogP contribution in [0.2, 0.25) is 0 Å². The van der Waals surface area contributed by atoms with E-state index in [4.69, 9.17) is 0 Å². The molecule has 6 heteroatoms. The number of likely N-dealkylation sites (tertiary alicyclic amines) is 1. The van der Waals surface area contributed by atoms with Gasteiger partial charge in [0.05, 0.1) is 0 Å². The fourth-order valence-corrected chi connectivity index (χ4v) is 3.19. The molecular weight excluding hydrogens is 310 g/mol. The quantitative estimate of drug-likeness (QED) is 0.941. The maximum absolute atomic E-state index is 12.2. The van der Waals surface area contributed by atoms with Crippen LogP contribution in [0.1, 0.15) is 39.3 Å². The molecule has 120 valence electrons. The maximum Gasteiger partial charge on any atom is 0.273 e. The standard InChI is InChI=1S/C17H19N3O2S/c1-12-2-4-13(5-3-12)16(21)18-14-6-9-20(10-7-14)17(22)15-8-11-23-19-15/h2-5,8,11,14H,6-7,9-10H2,1H3,(H,18,21). The van der Waals surface area contributed by atoms with Gasteiger partial charge in [0, 0.05) is 30.1 Å². The number of carbonyl (C=O) groups is 2. The number of amides is 2. The van der Waals surface area contributed by atoms with Crippen molar-refractivity contribution in [3.05, 3.63) is 52.5 Å². The highest BCUT2D eigenvalue weighted by Gasteiger charge is 2.25. The molecule has 0 radical (unpaired) electrons. The van der Waals surface area contributed by atoms with Crippen LogP contribution in [0.5, 0.6) is 0 Å². The van der Waals surface area contributed by atoms with Crippen molar-refractivity contribution in [1.29, 1.82) is 0 Å². The van der Waals surface area contributed by atoms with Gasteiger partial charge in [-0.2, -0.15) is 4.37 Å². The smallest absolute Gasteiger partial charge is 0.273 e. The summed E-state index contributed by atoms with van der Waals surface area (Å²) in [6, 6.07) is 9.41. The van der Waals surface area contributed by atoms with Gasteiger partial charge >= 0.3 is 0 Å². The van der Waals surface area contributed by atoms with Gasteiger partial charge in [0.2, 0.25) is 0 Å². The Bertz CT molecular complexity index is 674. The average molecular weight is 329 g/mol. The normalized spacial score (nSPS) is 15.4. The summed E-state index contributed by atoms with van der Waals surface area (Å²) in [4.78, 5) is 26.3. The predicted molar refractivity (Wildman–Crippen MR) is 89.7 cm³/mol. The van der Waals surface area contributed by atoms with Crippen molar-refractivity contribution >= 4 is 23.3 Å². The first-order valence-corrected chi connectivity index (χ1v) is 8.54. The van der Waals surface area contributed by atoms with E-state index in [1.165, 1.54) is 11.5 Å². The largest absolute Gasteiger partial charge is 0.349 e. The van der Waals surface area contributed by atoms with Crippen LogP contribution < -0.4 is 5.32 Å². The lowest BCUT2D eigenvalue weighted by Gasteiger charge is -2.32. The van der Waals surface area contributed by atoms with Gasteiger partial charge in [-0.05, 0) is 49.5 Å². The van der Waals surface area contributed by atoms with Gasteiger partial charge in [-0.3, -0.25) is 9.59 Å². The van der Waals surface area contributed by atoms with E-state index < -0.39 is 0 Å². The number of rotatable bonds is 3. The molecule has 1 saturated heterocycles. The molecule has 1 fully saturated rings. The van der Waals surface area contributed by atoms with Crippen LogP contribution in [0.3, 0.4) is 0 Å². The van der Waals surface area contributed by atoms with Crippen molar-refractivity contribution in [3.8, 4) is 0 Å². The molecule has 23 heavy (non-hydrogen) atoms. The number of benzene rings is 1. The van der Waals surface area contributed by atoms with E-state index in [9.17, 15) is 9.59 Å². The van der Waals surface area contributed by atoms with E-state index in [-0.39, 0.29) is 17.9 Å². The topological polar surface area (TPSA) is 62.3 Å². The summed E-state index contributed by atoms with van der Waals surface area (Å²) in [7, 11) is 0. The molecule has 1 aliphatic heterocycles. The number of piperidine rings is 1. The zero-order valence-electron chi connectivity index (χ0n) is 13.0. The molecule has 2 heterocycles. The van der Waals surface area contributed by atoms with Crippen LogP contribution >= 0.6 is 11.5 Å². The number of aryl methyl sites for hydroxylation is 1. The Balaban J connectivity index is 1.52. The third-order valence-corrected chi connectivity index (χ3v) is 4.65. The summed E-state index contributed by atoms with van der Waals surface area (Å²) in [5.74, 6) is -0.0659. The summed E-state index contributed by atoms with van der Waals surface area (Å²) >= 11 is 1.28. The van der Waals surface area contributed by atoms with E-state index in [2.05, 4.69) is 9.69 Å². The van der Waals surface area contributed by atoms with E-state index in [0.29, 0.717) is 24.3 Å². The molecular formula is C17H19N3O2S. The molecule has 0 bridgehead atoms. The molecule has 0 saturated carbocycles. The number of hydrogen-bond donors (Lipinski definition) is 1. The first-order chi connectivity index (χ1) is 11.1. The Morgan fingerprint density at radius 3 is 2.48 bits per heavy atom. The van der Waals surface area contributed by atoms with E-state index >= 15 is 0 Å². The van der Waals surface area contributed by atoms with Crippen molar-refractivity contribution in [2.75, 3.05) is 13.1 Å². The zero-order valence-corrected chi connectivity index (χ0v) is 13.8. The van der Waals surface area contributed by atoms with Crippen molar-refractivity contribution < 1.29 is 9.59 Å². The van der Waals surface area contributed by atoms with Crippen LogP contribution in [0, 0.1) is 6.92 Å². The van der Waals surface area contributed by atoms with Gasteiger partial charge in [0.15, 0.2) is 0 Å². The molecule has 1 aromatic carbocycles. The molecule has 2 amide bonds. The molecule has 1 aromatic heterocycles. The molecule has 0 unspecified atom stereocenters. The van der Waals surface area contributed by atoms with Gasteiger partial charge in [-0.25, -0.2) is 0 Å². The fraction of sp³-hybridized carbons (Fsp3) is 0.353. The van der Waals surface area contributed by atoms with Crippen molar-refractivity contribution in [2.24, 2.45) is 0 Å². The Morgan fingerprint density at radius 2 is 1.87 bits per heavy atom. The highest BCUT2D eigenvalue weighted by Crippen LogP contribution is 2.15. The van der Waals surface area contributed by atoms with Gasteiger partial charge in [-0.1, -0.05) is 17.7 Å². The highest BCUT2D eigenvalue weighted by molar-refractivity contribution is 7.03. The first-order valence-electron chi connectivity index (χ1n) is 7.70. The SMILES string of the molecule is Cc1ccc(C(=O)NC2CCN(C(=O)c3ccsn3)CC2)cc1. The fourth-order valence-electron chi connectivity index (χ4n) is 2.69. The first kappa shape index (κ1) is 15.7. The summed E-state index contributed by atoms with van der Waals surface area (Å²) in [5, 5.41) is 4.87. The molecule has 3 rings (SSSR count). The monoisotopic (exact) mass is 329 g/mol. The lowest BCUT2D eigenvalue weighted by atomic mass is 10.0. The van der Waals surface area contributed by atoms with Crippen LogP contribution in [0.15, 0.2) is 35.7 Å². The third kappa shape index (κ3) is 3.76. The van der Waals surface area contributed by atoms with Crippen molar-refractivity contribution in [1.82, 2.24) is 14.6 Å². The zero-order chi connectivity index (χ0) is 16.2. The Kier molecular flexibility index (Phi) is 4.71. The summed E-state index contributed by atoms with van der Waals surface area (Å²) in [6.45, 7) is 3.29. The molecule has 2 aromatic rings. The van der Waals surface area contributed by atoms with Crippen LogP contribution in [-0.4, -0.2) is 40.2 Å². The van der Waals surface area contributed by atoms with Crippen LogP contribution in [0.4, 0.5) is 0 Å². The Labute approximate surface area is 139 Å². The number of nitrogens with one attached hydrogen (secondary N) is 1. The number of carbonyl (C=O) groups excluding carboxylic acids is 2. The van der Waals surface area contributed by atoms with Gasteiger partial charge in [0.1, 0.15) is 5.69 Å². The Morgan fingerprint density at radius 1 is 1.17 bits per heavy atom. The summed E-state index contributed by atoms with van der Waals surface area (Å²) in [5.41, 5.74) is 2.32. The van der Waals surface area contributed by atoms with Crippen molar-refractivity contribution in [2.45, 2.75) is 25.8 Å². The molecule has 0 spiro atoms. The molecule has 0 atom stereocenters. The lowest BCUT2D eigenvalue weighted by molar-refractivity contribution is 0.0693. The van der Waals surface area contributed by atoms with Gasteiger partial charge in [0.25, 0.3) is 11.8 Å². The average Bonchev–Trinajstić information content (AvgIpc) is 3.10. The summed E-state index contributed by atoms with van der Waals surface area (Å²) < 4.78 is 4.09. The minimum atomic E-state index is -0.0470. The number of hydrogen-bond acceptors (Lipinski definition) is 4. The number of aromatic nitrogens is 1. The van der Waals surface area contributed by atoms with E-state index in [1.807, 2.05) is 41.5 Å². The highest BCUT2D eigenvalue weighted by atomic mass is 32.1. The predicted octanol–water partition coefficient (Wildman–Crippen LogP) is 2.49. The van der Waals surface area contributed by atoms with Gasteiger partial charge < -0.3 is 10.2 Å².